The summed E-state index contributed by atoms with van der Waals surface area (Å²) in [5.74, 6) is -0.108. The summed E-state index contributed by atoms with van der Waals surface area (Å²) in [5.41, 5.74) is 3.15. The lowest BCUT2D eigenvalue weighted by Crippen LogP contribution is -2.52. The number of quaternary nitrogens is 1. The molecule has 1 saturated heterocycles. The number of carbonyl (C=O) groups is 2. The average molecular weight is 348 g/mol. The Hall–Kier alpha value is -2.25. The number of likely N-dealkylation sites (N-methyl/N-ethyl adjacent to an activating group) is 1. The van der Waals surface area contributed by atoms with Crippen molar-refractivity contribution >= 4 is 18.1 Å². The Morgan fingerprint density at radius 2 is 2.04 bits per heavy atom. The van der Waals surface area contributed by atoms with E-state index in [-0.39, 0.29) is 5.91 Å². The lowest BCUT2D eigenvalue weighted by atomic mass is 10.2. The maximum Gasteiger partial charge on any atom is 0.308 e. The number of para-hydroxylation sites is 1. The topological polar surface area (TPSA) is 77.0 Å². The number of ether oxygens (including phenoxy) is 2. The fourth-order valence-corrected chi connectivity index (χ4v) is 2.69. The van der Waals surface area contributed by atoms with Crippen LogP contribution < -0.4 is 10.2 Å². The first-order chi connectivity index (χ1) is 12.0. The number of hydrogen-bond acceptors (Lipinski definition) is 5. The molecule has 1 aromatic rings. The van der Waals surface area contributed by atoms with Crippen LogP contribution in [0.2, 0.25) is 0 Å². The van der Waals surface area contributed by atoms with Gasteiger partial charge in [-0.3, -0.25) is 9.59 Å². The Kier molecular flexibility index (Phi) is 7.09. The highest BCUT2D eigenvalue weighted by atomic mass is 16.5. The van der Waals surface area contributed by atoms with Gasteiger partial charge in [-0.1, -0.05) is 12.1 Å². The zero-order valence-electron chi connectivity index (χ0n) is 14.9. The molecule has 7 heteroatoms. The first kappa shape index (κ1) is 19.1. The van der Waals surface area contributed by atoms with Crippen LogP contribution in [0.5, 0.6) is 5.75 Å². The molecule has 136 valence electrons. The number of benzene rings is 1. The molecule has 2 rings (SSSR count). The van der Waals surface area contributed by atoms with Crippen LogP contribution in [0.1, 0.15) is 25.3 Å². The number of nitrogens with one attached hydrogen (secondary N) is 1. The van der Waals surface area contributed by atoms with Crippen LogP contribution in [0.25, 0.3) is 0 Å². The first-order valence-corrected chi connectivity index (χ1v) is 8.49. The summed E-state index contributed by atoms with van der Waals surface area (Å²) >= 11 is 0. The van der Waals surface area contributed by atoms with Gasteiger partial charge in [0.05, 0.1) is 33.0 Å². The van der Waals surface area contributed by atoms with Gasteiger partial charge in [-0.25, -0.2) is 5.43 Å². The predicted molar refractivity (Wildman–Crippen MR) is 94.3 cm³/mol. The Labute approximate surface area is 148 Å². The Balaban J connectivity index is 1.76. The molecular formula is C18H26N3O4+. The molecule has 0 saturated carbocycles. The van der Waals surface area contributed by atoms with E-state index in [0.29, 0.717) is 17.7 Å². The molecule has 25 heavy (non-hydrogen) atoms. The number of morpholine rings is 1. The second kappa shape index (κ2) is 9.29. The molecule has 0 bridgehead atoms. The first-order valence-electron chi connectivity index (χ1n) is 8.49. The van der Waals surface area contributed by atoms with Crippen LogP contribution in [0, 0.1) is 0 Å². The number of rotatable bonds is 7. The van der Waals surface area contributed by atoms with E-state index in [1.54, 1.807) is 18.2 Å². The van der Waals surface area contributed by atoms with E-state index in [2.05, 4.69) is 17.6 Å². The summed E-state index contributed by atoms with van der Waals surface area (Å²) in [6.45, 7) is 5.85. The number of esters is 1. The second-order valence-corrected chi connectivity index (χ2v) is 6.43. The van der Waals surface area contributed by atoms with Gasteiger partial charge in [0.1, 0.15) is 18.8 Å². The molecule has 0 radical (unpaired) electrons. The van der Waals surface area contributed by atoms with Crippen LogP contribution in [-0.2, 0) is 14.3 Å². The standard InChI is InChI=1S/C18H25N3O4/c1-15(22)25-17-7-4-3-6-16(17)14-19-20-18(23)8-5-9-21(2)10-12-24-13-11-21/h3-4,6-7,14H,5,8-13H2,1-2H3/p+1. The van der Waals surface area contributed by atoms with Crippen LogP contribution >= 0.6 is 0 Å². The molecule has 0 atom stereocenters. The largest absolute Gasteiger partial charge is 0.426 e. The Morgan fingerprint density at radius 1 is 1.32 bits per heavy atom. The molecule has 1 aliphatic heterocycles. The van der Waals surface area contributed by atoms with Crippen molar-refractivity contribution in [2.75, 3.05) is 39.9 Å². The molecule has 1 N–H and O–H groups in total. The lowest BCUT2D eigenvalue weighted by Gasteiger charge is -2.37. The zero-order valence-corrected chi connectivity index (χ0v) is 14.9. The molecule has 1 aliphatic rings. The van der Waals surface area contributed by atoms with E-state index < -0.39 is 5.97 Å². The van der Waals surface area contributed by atoms with Gasteiger partial charge in [-0.05, 0) is 12.1 Å². The summed E-state index contributed by atoms with van der Waals surface area (Å²) in [5, 5.41) is 3.95. The van der Waals surface area contributed by atoms with Crippen LogP contribution in [-0.4, -0.2) is 62.5 Å². The smallest absolute Gasteiger partial charge is 0.308 e. The van der Waals surface area contributed by atoms with Crippen molar-refractivity contribution in [2.24, 2.45) is 5.10 Å². The minimum absolute atomic E-state index is 0.124. The van der Waals surface area contributed by atoms with Gasteiger partial charge in [0.2, 0.25) is 5.91 Å². The molecule has 0 aliphatic carbocycles. The fraction of sp³-hybridized carbons (Fsp3) is 0.500. The quantitative estimate of drug-likeness (QED) is 0.265. The van der Waals surface area contributed by atoms with Gasteiger partial charge in [-0.15, -0.1) is 0 Å². The van der Waals surface area contributed by atoms with E-state index in [1.807, 2.05) is 6.07 Å². The number of hydrogen-bond donors (Lipinski definition) is 1. The minimum Gasteiger partial charge on any atom is -0.426 e. The van der Waals surface area contributed by atoms with Gasteiger partial charge in [0.15, 0.2) is 0 Å². The number of carbonyl (C=O) groups excluding carboxylic acids is 2. The molecule has 1 amide bonds. The molecule has 7 nitrogen and oxygen atoms in total. The highest BCUT2D eigenvalue weighted by molar-refractivity contribution is 5.86. The van der Waals surface area contributed by atoms with Crippen molar-refractivity contribution in [3.8, 4) is 5.75 Å². The van der Waals surface area contributed by atoms with Gasteiger partial charge in [-0.2, -0.15) is 5.10 Å². The van der Waals surface area contributed by atoms with Crippen molar-refractivity contribution < 1.29 is 23.5 Å². The van der Waals surface area contributed by atoms with Crippen LogP contribution in [0.15, 0.2) is 29.4 Å². The Morgan fingerprint density at radius 3 is 2.76 bits per heavy atom. The average Bonchev–Trinajstić information content (AvgIpc) is 2.56. The highest BCUT2D eigenvalue weighted by Crippen LogP contribution is 2.15. The maximum absolute atomic E-state index is 11.9. The number of amides is 1. The van der Waals surface area contributed by atoms with Gasteiger partial charge < -0.3 is 14.0 Å². The van der Waals surface area contributed by atoms with Crippen molar-refractivity contribution in [3.63, 3.8) is 0 Å². The summed E-state index contributed by atoms with van der Waals surface area (Å²) in [6.07, 6.45) is 2.71. The molecule has 0 spiro atoms. The molecule has 1 heterocycles. The minimum atomic E-state index is -0.399. The second-order valence-electron chi connectivity index (χ2n) is 6.43. The molecule has 1 aromatic carbocycles. The summed E-state index contributed by atoms with van der Waals surface area (Å²) in [4.78, 5) is 23.0. The zero-order chi connectivity index (χ0) is 18.1. The lowest BCUT2D eigenvalue weighted by molar-refractivity contribution is -0.917. The molecule has 0 unspecified atom stereocenters. The summed E-state index contributed by atoms with van der Waals surface area (Å²) in [6, 6.07) is 7.01. The third-order valence-corrected chi connectivity index (χ3v) is 4.22. The van der Waals surface area contributed by atoms with Crippen molar-refractivity contribution in [3.05, 3.63) is 29.8 Å². The highest BCUT2D eigenvalue weighted by Gasteiger charge is 2.24. The van der Waals surface area contributed by atoms with Crippen molar-refractivity contribution in [2.45, 2.75) is 19.8 Å². The molecule has 1 fully saturated rings. The number of nitrogens with zero attached hydrogens (tertiary/aromatic N) is 2. The third-order valence-electron chi connectivity index (χ3n) is 4.22. The van der Waals surface area contributed by atoms with Crippen molar-refractivity contribution in [1.82, 2.24) is 5.43 Å². The predicted octanol–water partition coefficient (Wildman–Crippen LogP) is 1.32. The van der Waals surface area contributed by atoms with E-state index in [0.717, 1.165) is 43.8 Å². The van der Waals surface area contributed by atoms with E-state index in [9.17, 15) is 9.59 Å². The van der Waals surface area contributed by atoms with Gasteiger partial charge in [0, 0.05) is 25.3 Å². The Bertz CT molecular complexity index is 625. The van der Waals surface area contributed by atoms with Crippen LogP contribution in [0.3, 0.4) is 0 Å². The normalized spacial score (nSPS) is 16.6. The third kappa shape index (κ3) is 6.64. The maximum atomic E-state index is 11.9. The van der Waals surface area contributed by atoms with Crippen molar-refractivity contribution in [1.29, 1.82) is 0 Å². The van der Waals surface area contributed by atoms with E-state index in [4.69, 9.17) is 9.47 Å². The van der Waals surface area contributed by atoms with E-state index >= 15 is 0 Å². The SMILES string of the molecule is CC(=O)Oc1ccccc1C=NNC(=O)CCC[N+]1(C)CCOCC1. The number of hydrazone groups is 1. The van der Waals surface area contributed by atoms with Gasteiger partial charge in [0.25, 0.3) is 0 Å². The molecular weight excluding hydrogens is 322 g/mol. The van der Waals surface area contributed by atoms with Gasteiger partial charge >= 0.3 is 5.97 Å². The monoisotopic (exact) mass is 348 g/mol. The van der Waals surface area contributed by atoms with E-state index in [1.165, 1.54) is 13.1 Å². The summed E-state index contributed by atoms with van der Waals surface area (Å²) < 4.78 is 11.4. The fourth-order valence-electron chi connectivity index (χ4n) is 2.69. The van der Waals surface area contributed by atoms with Crippen LogP contribution in [0.4, 0.5) is 0 Å². The molecule has 0 aromatic heterocycles. The summed E-state index contributed by atoms with van der Waals surface area (Å²) in [7, 11) is 2.20.